The average Bonchev–Trinajstić information content (AvgIpc) is 3.06. The fourth-order valence-electron chi connectivity index (χ4n) is 2.73. The van der Waals surface area contributed by atoms with Crippen molar-refractivity contribution in [3.63, 3.8) is 0 Å². The fraction of sp³-hybridized carbons (Fsp3) is 0.333. The van der Waals surface area contributed by atoms with Crippen LogP contribution in [0.3, 0.4) is 0 Å². The summed E-state index contributed by atoms with van der Waals surface area (Å²) < 4.78 is 27.6. The molecular formula is C18H21NO2S2. The number of hydrogen-bond donors (Lipinski definition) is 0. The molecule has 2 aromatic rings. The molecule has 0 spiro atoms. The molecule has 0 N–H and O–H groups in total. The van der Waals surface area contributed by atoms with Gasteiger partial charge < -0.3 is 0 Å². The minimum absolute atomic E-state index is 0.133. The maximum atomic E-state index is 13.0. The van der Waals surface area contributed by atoms with Crippen molar-refractivity contribution in [3.8, 4) is 0 Å². The van der Waals surface area contributed by atoms with Gasteiger partial charge in [-0.1, -0.05) is 48.9 Å². The zero-order valence-corrected chi connectivity index (χ0v) is 15.0. The summed E-state index contributed by atoms with van der Waals surface area (Å²) in [6.07, 6.45) is 0.909. The third kappa shape index (κ3) is 3.32. The molecule has 1 saturated heterocycles. The SMILES string of the molecule is CCc1ccc(S(=O)(=O)N2CCSC2c2ccc(C)cc2)cc1. The van der Waals surface area contributed by atoms with Crippen molar-refractivity contribution in [1.29, 1.82) is 0 Å². The molecule has 1 unspecified atom stereocenters. The number of benzene rings is 2. The van der Waals surface area contributed by atoms with Crippen molar-refractivity contribution < 1.29 is 8.42 Å². The van der Waals surface area contributed by atoms with Gasteiger partial charge in [0.05, 0.1) is 10.3 Å². The van der Waals surface area contributed by atoms with Crippen LogP contribution in [0.25, 0.3) is 0 Å². The van der Waals surface area contributed by atoms with E-state index in [0.717, 1.165) is 23.3 Å². The van der Waals surface area contributed by atoms with Crippen molar-refractivity contribution in [2.24, 2.45) is 0 Å². The zero-order valence-electron chi connectivity index (χ0n) is 13.4. The van der Waals surface area contributed by atoms with Crippen LogP contribution in [0.4, 0.5) is 0 Å². The van der Waals surface area contributed by atoms with E-state index in [1.165, 1.54) is 5.56 Å². The van der Waals surface area contributed by atoms with Crippen molar-refractivity contribution in [3.05, 3.63) is 65.2 Å². The second kappa shape index (κ2) is 6.67. The third-order valence-electron chi connectivity index (χ3n) is 4.15. The van der Waals surface area contributed by atoms with Crippen LogP contribution in [-0.2, 0) is 16.4 Å². The Morgan fingerprint density at radius 2 is 1.74 bits per heavy atom. The van der Waals surface area contributed by atoms with E-state index in [1.807, 2.05) is 43.3 Å². The molecule has 1 aliphatic rings. The number of rotatable bonds is 4. The molecule has 1 heterocycles. The quantitative estimate of drug-likeness (QED) is 0.839. The van der Waals surface area contributed by atoms with E-state index in [9.17, 15) is 8.42 Å². The highest BCUT2D eigenvalue weighted by Gasteiger charge is 2.36. The van der Waals surface area contributed by atoms with Gasteiger partial charge >= 0.3 is 0 Å². The first kappa shape index (κ1) is 16.6. The lowest BCUT2D eigenvalue weighted by molar-refractivity contribution is 0.434. The highest BCUT2D eigenvalue weighted by atomic mass is 32.2. The van der Waals surface area contributed by atoms with E-state index >= 15 is 0 Å². The smallest absolute Gasteiger partial charge is 0.207 e. The van der Waals surface area contributed by atoms with Crippen LogP contribution in [-0.4, -0.2) is 25.0 Å². The summed E-state index contributed by atoms with van der Waals surface area (Å²) in [7, 11) is -3.46. The van der Waals surface area contributed by atoms with E-state index < -0.39 is 10.0 Å². The Hall–Kier alpha value is -1.30. The molecule has 3 nitrogen and oxygen atoms in total. The van der Waals surface area contributed by atoms with E-state index in [1.54, 1.807) is 28.2 Å². The molecule has 5 heteroatoms. The van der Waals surface area contributed by atoms with Gasteiger partial charge in [0.1, 0.15) is 0 Å². The molecule has 0 bridgehead atoms. The van der Waals surface area contributed by atoms with Gasteiger partial charge in [-0.3, -0.25) is 0 Å². The number of aryl methyl sites for hydroxylation is 2. The predicted molar refractivity (Wildman–Crippen MR) is 96.1 cm³/mol. The summed E-state index contributed by atoms with van der Waals surface area (Å²) >= 11 is 1.69. The Morgan fingerprint density at radius 1 is 1.09 bits per heavy atom. The van der Waals surface area contributed by atoms with Crippen LogP contribution < -0.4 is 0 Å². The van der Waals surface area contributed by atoms with E-state index in [2.05, 4.69) is 6.92 Å². The fourth-order valence-corrected chi connectivity index (χ4v) is 5.97. The third-order valence-corrected chi connectivity index (χ3v) is 7.42. The van der Waals surface area contributed by atoms with Crippen molar-refractivity contribution in [2.75, 3.05) is 12.3 Å². The van der Waals surface area contributed by atoms with Crippen LogP contribution in [0.15, 0.2) is 53.4 Å². The Morgan fingerprint density at radius 3 is 2.35 bits per heavy atom. The van der Waals surface area contributed by atoms with Crippen molar-refractivity contribution in [2.45, 2.75) is 30.5 Å². The molecule has 1 aliphatic heterocycles. The monoisotopic (exact) mass is 347 g/mol. The first-order valence-corrected chi connectivity index (χ1v) is 10.3. The minimum atomic E-state index is -3.46. The Labute approximate surface area is 142 Å². The highest BCUT2D eigenvalue weighted by molar-refractivity contribution is 8.01. The van der Waals surface area contributed by atoms with Gasteiger partial charge in [-0.25, -0.2) is 8.42 Å². The Balaban J connectivity index is 1.92. The van der Waals surface area contributed by atoms with Gasteiger partial charge in [0.15, 0.2) is 0 Å². The van der Waals surface area contributed by atoms with Crippen LogP contribution in [0.5, 0.6) is 0 Å². The predicted octanol–water partition coefficient (Wildman–Crippen LogP) is 3.99. The molecule has 122 valence electrons. The molecule has 0 saturated carbocycles. The van der Waals surface area contributed by atoms with Gasteiger partial charge in [0.2, 0.25) is 10.0 Å². The normalized spacial score (nSPS) is 19.1. The molecule has 3 rings (SSSR count). The minimum Gasteiger partial charge on any atom is -0.207 e. The molecular weight excluding hydrogens is 326 g/mol. The summed E-state index contributed by atoms with van der Waals surface area (Å²) in [5.74, 6) is 0.824. The number of sulfonamides is 1. The summed E-state index contributed by atoms with van der Waals surface area (Å²) in [5, 5.41) is -0.133. The van der Waals surface area contributed by atoms with Crippen LogP contribution in [0.1, 0.15) is 29.0 Å². The Bertz CT molecular complexity index is 768. The number of hydrogen-bond acceptors (Lipinski definition) is 3. The first-order chi connectivity index (χ1) is 11.0. The summed E-state index contributed by atoms with van der Waals surface area (Å²) in [6, 6.07) is 15.4. The van der Waals surface area contributed by atoms with Crippen LogP contribution in [0.2, 0.25) is 0 Å². The van der Waals surface area contributed by atoms with Gasteiger partial charge in [0.25, 0.3) is 0 Å². The maximum absolute atomic E-state index is 13.0. The second-order valence-electron chi connectivity index (χ2n) is 5.75. The first-order valence-electron chi connectivity index (χ1n) is 7.81. The average molecular weight is 348 g/mol. The van der Waals surface area contributed by atoms with Crippen LogP contribution >= 0.6 is 11.8 Å². The summed E-state index contributed by atoms with van der Waals surface area (Å²) in [4.78, 5) is 0.384. The van der Waals surface area contributed by atoms with Gasteiger partial charge in [-0.05, 0) is 36.6 Å². The van der Waals surface area contributed by atoms with Gasteiger partial charge in [-0.2, -0.15) is 4.31 Å². The lowest BCUT2D eigenvalue weighted by atomic mass is 10.1. The maximum Gasteiger partial charge on any atom is 0.244 e. The molecule has 0 radical (unpaired) electrons. The Kier molecular flexibility index (Phi) is 4.80. The highest BCUT2D eigenvalue weighted by Crippen LogP contribution is 2.41. The van der Waals surface area contributed by atoms with Gasteiger partial charge in [0, 0.05) is 12.3 Å². The standard InChI is InChI=1S/C18H21NO2S2/c1-3-15-6-10-17(11-7-15)23(20,21)19-12-13-22-18(19)16-8-4-14(2)5-9-16/h4-11,18H,3,12-13H2,1-2H3. The largest absolute Gasteiger partial charge is 0.244 e. The molecule has 0 amide bonds. The summed E-state index contributed by atoms with van der Waals surface area (Å²) in [6.45, 7) is 4.66. The molecule has 23 heavy (non-hydrogen) atoms. The molecule has 0 aliphatic carbocycles. The van der Waals surface area contributed by atoms with Crippen LogP contribution in [0, 0.1) is 6.92 Å². The zero-order chi connectivity index (χ0) is 16.4. The second-order valence-corrected chi connectivity index (χ2v) is 8.83. The lowest BCUT2D eigenvalue weighted by Gasteiger charge is -2.23. The lowest BCUT2D eigenvalue weighted by Crippen LogP contribution is -2.30. The molecule has 0 aromatic heterocycles. The van der Waals surface area contributed by atoms with E-state index in [-0.39, 0.29) is 5.37 Å². The summed E-state index contributed by atoms with van der Waals surface area (Å²) in [5.41, 5.74) is 3.38. The molecule has 1 atom stereocenters. The van der Waals surface area contributed by atoms with Crippen molar-refractivity contribution >= 4 is 21.8 Å². The van der Waals surface area contributed by atoms with E-state index in [0.29, 0.717) is 11.4 Å². The topological polar surface area (TPSA) is 37.4 Å². The molecule has 1 fully saturated rings. The van der Waals surface area contributed by atoms with E-state index in [4.69, 9.17) is 0 Å². The number of thioether (sulfide) groups is 1. The number of nitrogens with zero attached hydrogens (tertiary/aromatic N) is 1. The van der Waals surface area contributed by atoms with Gasteiger partial charge in [-0.15, -0.1) is 11.8 Å². The molecule has 2 aromatic carbocycles. The van der Waals surface area contributed by atoms with Crippen molar-refractivity contribution in [1.82, 2.24) is 4.31 Å².